The highest BCUT2D eigenvalue weighted by Crippen LogP contribution is 2.31. The molecule has 0 bridgehead atoms. The molecule has 0 amide bonds. The number of carbonyl (C=O) groups excluding carboxylic acids is 2. The van der Waals surface area contributed by atoms with E-state index in [1.807, 2.05) is 0 Å². The Morgan fingerprint density at radius 2 is 1.43 bits per heavy atom. The van der Waals surface area contributed by atoms with Gasteiger partial charge >= 0.3 is 5.97 Å². The number of carbonyl (C=O) groups is 2. The Morgan fingerprint density at radius 1 is 0.943 bits per heavy atom. The summed E-state index contributed by atoms with van der Waals surface area (Å²) in [4.78, 5) is 23.9. The maximum atomic E-state index is 12.5. The van der Waals surface area contributed by atoms with Crippen molar-refractivity contribution in [2.45, 2.75) is 85.4 Å². The van der Waals surface area contributed by atoms with Gasteiger partial charge in [-0.25, -0.2) is 4.79 Å². The number of aliphatic hydroxyl groups excluding tert-OH is 11. The highest BCUT2D eigenvalue weighted by molar-refractivity contribution is 5.80. The first-order valence-corrected chi connectivity index (χ1v) is 10.3. The molecule has 7 unspecified atom stereocenters. The molecule has 1 rings (SSSR count). The predicted molar refractivity (Wildman–Crippen MR) is 107 cm³/mol. The van der Waals surface area contributed by atoms with E-state index in [0.29, 0.717) is 0 Å². The molecule has 1 aliphatic rings. The van der Waals surface area contributed by atoms with E-state index in [1.54, 1.807) is 0 Å². The SMILES string of the molecule is N[C@H]1[C@H]([C@H](O)[C@H](O)CO)O[C@](O)(C(=O)OC(C=O)C(O)C(O)C(O)C(O)C(O)C(O)CO)C[C@@H]1O. The van der Waals surface area contributed by atoms with Gasteiger partial charge in [0.15, 0.2) is 12.4 Å². The van der Waals surface area contributed by atoms with E-state index < -0.39 is 105 Å². The van der Waals surface area contributed by atoms with Gasteiger partial charge in [0.05, 0.1) is 25.4 Å². The fourth-order valence-corrected chi connectivity index (χ4v) is 3.28. The first kappa shape index (κ1) is 31.6. The third-order valence-electron chi connectivity index (χ3n) is 5.57. The van der Waals surface area contributed by atoms with Gasteiger partial charge in [-0.1, -0.05) is 0 Å². The highest BCUT2D eigenvalue weighted by Gasteiger charge is 2.54. The largest absolute Gasteiger partial charge is 0.448 e. The van der Waals surface area contributed by atoms with Crippen molar-refractivity contribution >= 4 is 12.3 Å². The summed E-state index contributed by atoms with van der Waals surface area (Å²) in [5.41, 5.74) is 5.64. The van der Waals surface area contributed by atoms with Crippen LogP contribution in [0, 0.1) is 0 Å². The van der Waals surface area contributed by atoms with Gasteiger partial charge in [0.2, 0.25) is 0 Å². The van der Waals surface area contributed by atoms with Crippen LogP contribution in [-0.2, 0) is 19.1 Å². The molecule has 13 atom stereocenters. The van der Waals surface area contributed by atoms with Crippen molar-refractivity contribution < 1.29 is 80.3 Å². The maximum absolute atomic E-state index is 12.5. The zero-order valence-corrected chi connectivity index (χ0v) is 18.2. The molecule has 0 aromatic heterocycles. The van der Waals surface area contributed by atoms with E-state index in [0.717, 1.165) is 0 Å². The van der Waals surface area contributed by atoms with Gasteiger partial charge in [0.25, 0.3) is 5.79 Å². The molecule has 35 heavy (non-hydrogen) atoms. The van der Waals surface area contributed by atoms with Crippen LogP contribution in [0.3, 0.4) is 0 Å². The summed E-state index contributed by atoms with van der Waals surface area (Å²) in [6.07, 6.45) is -24.9. The summed E-state index contributed by atoms with van der Waals surface area (Å²) in [6.45, 7) is -2.03. The lowest BCUT2D eigenvalue weighted by Crippen LogP contribution is -2.66. The van der Waals surface area contributed by atoms with Crippen molar-refractivity contribution in [2.24, 2.45) is 5.73 Å². The van der Waals surface area contributed by atoms with Gasteiger partial charge in [0, 0.05) is 6.42 Å². The first-order chi connectivity index (χ1) is 16.2. The van der Waals surface area contributed by atoms with Crippen LogP contribution in [0.15, 0.2) is 0 Å². The van der Waals surface area contributed by atoms with Gasteiger partial charge in [0.1, 0.15) is 54.9 Å². The number of hydrogen-bond acceptors (Lipinski definition) is 17. The zero-order valence-electron chi connectivity index (χ0n) is 18.2. The normalized spacial score (nSPS) is 32.9. The number of nitrogens with two attached hydrogens (primary N) is 1. The van der Waals surface area contributed by atoms with Crippen LogP contribution in [-0.4, -0.2) is 166 Å². The molecule has 14 N–H and O–H groups in total. The molecule has 1 saturated heterocycles. The van der Waals surface area contributed by atoms with Crippen LogP contribution in [0.1, 0.15) is 6.42 Å². The Hall–Kier alpha value is -1.42. The minimum atomic E-state index is -3.11. The average Bonchev–Trinajstić information content (AvgIpc) is 2.85. The summed E-state index contributed by atoms with van der Waals surface area (Å²) < 4.78 is 9.59. The fraction of sp³-hybridized carbons (Fsp3) is 0.889. The quantitative estimate of drug-likeness (QED) is 0.0793. The van der Waals surface area contributed by atoms with E-state index in [4.69, 9.17) is 20.7 Å². The number of aldehydes is 1. The monoisotopic (exact) mass is 519 g/mol. The van der Waals surface area contributed by atoms with Gasteiger partial charge in [-0.15, -0.1) is 0 Å². The lowest BCUT2D eigenvalue weighted by Gasteiger charge is -2.44. The molecule has 1 fully saturated rings. The number of esters is 1. The number of rotatable bonds is 13. The van der Waals surface area contributed by atoms with Gasteiger partial charge in [-0.05, 0) is 0 Å². The molecule has 17 nitrogen and oxygen atoms in total. The molecule has 0 saturated carbocycles. The lowest BCUT2D eigenvalue weighted by molar-refractivity contribution is -0.297. The molecule has 17 heteroatoms. The molecule has 0 aliphatic carbocycles. The molecule has 0 aromatic carbocycles. The van der Waals surface area contributed by atoms with Gasteiger partial charge < -0.3 is 76.5 Å². The van der Waals surface area contributed by atoms with Crippen molar-refractivity contribution in [3.8, 4) is 0 Å². The summed E-state index contributed by atoms with van der Waals surface area (Å²) in [7, 11) is 0. The standard InChI is InChI=1S/C18H33NO16/c19-9-5(23)1-18(33,35-16(9)11(27)7(25)3-21)17(32)34-8(4-22)12(28)14(30)15(31)13(29)10(26)6(24)2-20/h4-16,20-21,23-31,33H,1-3,19H2/t5-,6?,7+,8?,9+,10?,11+,12?,13?,14?,15?,16+,18-/m0/s1. The molecule has 0 aromatic rings. The molecular formula is C18H33NO16. The zero-order chi connectivity index (χ0) is 27.2. The van der Waals surface area contributed by atoms with Crippen LogP contribution >= 0.6 is 0 Å². The third kappa shape index (κ3) is 7.31. The average molecular weight is 519 g/mol. The third-order valence-corrected chi connectivity index (χ3v) is 5.57. The van der Waals surface area contributed by atoms with Gasteiger partial charge in [-0.3, -0.25) is 4.79 Å². The molecule has 1 aliphatic heterocycles. The van der Waals surface area contributed by atoms with E-state index >= 15 is 0 Å². The smallest absolute Gasteiger partial charge is 0.367 e. The Bertz CT molecular complexity index is 685. The summed E-state index contributed by atoms with van der Waals surface area (Å²) in [5, 5.41) is 117. The Labute approximate surface area is 197 Å². The maximum Gasteiger partial charge on any atom is 0.367 e. The number of aliphatic hydroxyl groups is 12. The summed E-state index contributed by atoms with van der Waals surface area (Å²) in [5.74, 6) is -4.95. The van der Waals surface area contributed by atoms with Crippen LogP contribution in [0.2, 0.25) is 0 Å². The van der Waals surface area contributed by atoms with Crippen LogP contribution < -0.4 is 5.73 Å². The number of ether oxygens (including phenoxy) is 2. The molecule has 0 spiro atoms. The van der Waals surface area contributed by atoms with Gasteiger partial charge in [-0.2, -0.15) is 0 Å². The van der Waals surface area contributed by atoms with Crippen molar-refractivity contribution in [3.05, 3.63) is 0 Å². The van der Waals surface area contributed by atoms with Crippen LogP contribution in [0.5, 0.6) is 0 Å². The second-order valence-electron chi connectivity index (χ2n) is 8.17. The van der Waals surface area contributed by atoms with Crippen molar-refractivity contribution in [3.63, 3.8) is 0 Å². The number of hydrogen-bond donors (Lipinski definition) is 13. The van der Waals surface area contributed by atoms with E-state index in [2.05, 4.69) is 4.74 Å². The van der Waals surface area contributed by atoms with E-state index in [-0.39, 0.29) is 6.29 Å². The molecule has 1 heterocycles. The topological polar surface area (TPSA) is 321 Å². The van der Waals surface area contributed by atoms with Crippen molar-refractivity contribution in [2.75, 3.05) is 13.2 Å². The van der Waals surface area contributed by atoms with Crippen LogP contribution in [0.25, 0.3) is 0 Å². The summed E-state index contributed by atoms with van der Waals surface area (Å²) >= 11 is 0. The molecule has 0 radical (unpaired) electrons. The molecular weight excluding hydrogens is 486 g/mol. The lowest BCUT2D eigenvalue weighted by atomic mass is 9.89. The minimum Gasteiger partial charge on any atom is -0.448 e. The highest BCUT2D eigenvalue weighted by atomic mass is 16.7. The van der Waals surface area contributed by atoms with E-state index in [1.165, 1.54) is 0 Å². The van der Waals surface area contributed by atoms with Crippen molar-refractivity contribution in [1.82, 2.24) is 0 Å². The second kappa shape index (κ2) is 13.2. The molecule has 206 valence electrons. The fourth-order valence-electron chi connectivity index (χ4n) is 3.28. The minimum absolute atomic E-state index is 0.250. The summed E-state index contributed by atoms with van der Waals surface area (Å²) in [6, 6.07) is -1.47. The predicted octanol–water partition coefficient (Wildman–Crippen LogP) is -8.87. The van der Waals surface area contributed by atoms with Crippen molar-refractivity contribution in [1.29, 1.82) is 0 Å². The second-order valence-corrected chi connectivity index (χ2v) is 8.17. The Kier molecular flexibility index (Phi) is 11.9. The Morgan fingerprint density at radius 3 is 1.91 bits per heavy atom. The van der Waals surface area contributed by atoms with Crippen LogP contribution in [0.4, 0.5) is 0 Å². The first-order valence-electron chi connectivity index (χ1n) is 10.3. The Balaban J connectivity index is 2.99. The van der Waals surface area contributed by atoms with E-state index in [9.17, 15) is 60.7 Å².